The Morgan fingerprint density at radius 2 is 2.20 bits per heavy atom. The first-order valence-corrected chi connectivity index (χ1v) is 5.86. The number of rotatable bonds is 5. The van der Waals surface area contributed by atoms with Crippen LogP contribution >= 0.6 is 0 Å². The number of aromatic hydroxyl groups is 1. The first-order valence-electron chi connectivity index (χ1n) is 5.86. The predicted molar refractivity (Wildman–Crippen MR) is 69.3 cm³/mol. The highest BCUT2D eigenvalue weighted by atomic mass is 16.4. The summed E-state index contributed by atoms with van der Waals surface area (Å²) in [5, 5.41) is 20.8. The Labute approximate surface area is 114 Å². The molecule has 0 fully saturated rings. The van der Waals surface area contributed by atoms with Crippen LogP contribution in [0.3, 0.4) is 0 Å². The van der Waals surface area contributed by atoms with Crippen LogP contribution in [0.2, 0.25) is 0 Å². The molecule has 0 radical (unpaired) electrons. The van der Waals surface area contributed by atoms with Crippen LogP contribution in [0.25, 0.3) is 0 Å². The van der Waals surface area contributed by atoms with E-state index in [1.165, 1.54) is 36.8 Å². The Morgan fingerprint density at radius 3 is 2.80 bits per heavy atom. The highest BCUT2D eigenvalue weighted by Gasteiger charge is 2.21. The van der Waals surface area contributed by atoms with Gasteiger partial charge in [-0.25, -0.2) is 9.78 Å². The van der Waals surface area contributed by atoms with E-state index in [1.54, 1.807) is 0 Å². The van der Waals surface area contributed by atoms with Gasteiger partial charge in [0.15, 0.2) is 0 Å². The fourth-order valence-electron chi connectivity index (χ4n) is 1.71. The van der Waals surface area contributed by atoms with Crippen molar-refractivity contribution in [3.05, 3.63) is 48.0 Å². The zero-order chi connectivity index (χ0) is 14.5. The Bertz CT molecular complexity index is 610. The molecule has 0 saturated heterocycles. The molecule has 0 saturated carbocycles. The molecular formula is C13H13N3O4. The summed E-state index contributed by atoms with van der Waals surface area (Å²) in [6, 6.07) is 4.62. The molecule has 2 aromatic rings. The Balaban J connectivity index is 2.08. The summed E-state index contributed by atoms with van der Waals surface area (Å²) in [5.41, 5.74) is 0.800. The minimum absolute atomic E-state index is 0.0573. The number of carboxylic acid groups (broad SMARTS) is 1. The van der Waals surface area contributed by atoms with Crippen LogP contribution < -0.4 is 5.32 Å². The first-order chi connectivity index (χ1) is 9.56. The molecule has 0 bridgehead atoms. The number of benzene rings is 1. The predicted octanol–water partition coefficient (Wildman–Crippen LogP) is 0.541. The highest BCUT2D eigenvalue weighted by Crippen LogP contribution is 2.11. The maximum Gasteiger partial charge on any atom is 0.326 e. The number of hydrogen-bond acceptors (Lipinski definition) is 4. The van der Waals surface area contributed by atoms with Crippen molar-refractivity contribution in [2.75, 3.05) is 0 Å². The SMILES string of the molecule is O=C(N[C@@H](Cc1cnc[nH]1)C(=O)O)c1cccc(O)c1. The van der Waals surface area contributed by atoms with Crippen molar-refractivity contribution in [2.45, 2.75) is 12.5 Å². The van der Waals surface area contributed by atoms with Gasteiger partial charge in [-0.1, -0.05) is 6.07 Å². The van der Waals surface area contributed by atoms with E-state index in [0.29, 0.717) is 5.69 Å². The molecule has 7 nitrogen and oxygen atoms in total. The number of aromatic amines is 1. The van der Waals surface area contributed by atoms with Crippen LogP contribution in [0.4, 0.5) is 0 Å². The fraction of sp³-hybridized carbons (Fsp3) is 0.154. The summed E-state index contributed by atoms with van der Waals surface area (Å²) in [6.07, 6.45) is 3.03. The fourth-order valence-corrected chi connectivity index (χ4v) is 1.71. The van der Waals surface area contributed by atoms with Crippen molar-refractivity contribution >= 4 is 11.9 Å². The van der Waals surface area contributed by atoms with Gasteiger partial charge < -0.3 is 20.5 Å². The Kier molecular flexibility index (Phi) is 3.99. The molecule has 7 heteroatoms. The molecule has 0 aliphatic carbocycles. The smallest absolute Gasteiger partial charge is 0.326 e. The van der Waals surface area contributed by atoms with Crippen LogP contribution in [-0.2, 0) is 11.2 Å². The first kappa shape index (κ1) is 13.6. The number of imidazole rings is 1. The number of amides is 1. The normalized spacial score (nSPS) is 11.8. The molecule has 1 heterocycles. The molecule has 0 aliphatic rings. The van der Waals surface area contributed by atoms with Crippen LogP contribution in [-0.4, -0.2) is 38.1 Å². The number of nitrogens with one attached hydrogen (secondary N) is 2. The van der Waals surface area contributed by atoms with Gasteiger partial charge in [0.2, 0.25) is 0 Å². The third-order valence-electron chi connectivity index (χ3n) is 2.69. The van der Waals surface area contributed by atoms with Crippen LogP contribution in [0.1, 0.15) is 16.1 Å². The van der Waals surface area contributed by atoms with Crippen LogP contribution in [0.5, 0.6) is 5.75 Å². The van der Waals surface area contributed by atoms with Gasteiger partial charge in [0.1, 0.15) is 11.8 Å². The van der Waals surface area contributed by atoms with Gasteiger partial charge in [-0.2, -0.15) is 0 Å². The molecule has 1 aromatic heterocycles. The molecule has 0 unspecified atom stereocenters. The molecule has 1 atom stereocenters. The van der Waals surface area contributed by atoms with E-state index >= 15 is 0 Å². The van der Waals surface area contributed by atoms with Crippen LogP contribution in [0.15, 0.2) is 36.8 Å². The summed E-state index contributed by atoms with van der Waals surface area (Å²) >= 11 is 0. The van der Waals surface area contributed by atoms with Gasteiger partial charge in [0.05, 0.1) is 6.33 Å². The quantitative estimate of drug-likeness (QED) is 0.635. The molecule has 20 heavy (non-hydrogen) atoms. The number of aromatic nitrogens is 2. The summed E-state index contributed by atoms with van der Waals surface area (Å²) < 4.78 is 0. The van der Waals surface area contributed by atoms with Gasteiger partial charge in [0.25, 0.3) is 5.91 Å². The topological polar surface area (TPSA) is 115 Å². The summed E-state index contributed by atoms with van der Waals surface area (Å²) in [4.78, 5) is 29.7. The van der Waals surface area contributed by atoms with E-state index in [4.69, 9.17) is 5.11 Å². The molecule has 1 aromatic carbocycles. The van der Waals surface area contributed by atoms with Crippen LogP contribution in [0, 0.1) is 0 Å². The van der Waals surface area contributed by atoms with Gasteiger partial charge in [-0.05, 0) is 18.2 Å². The number of aliphatic carboxylic acids is 1. The maximum absolute atomic E-state index is 11.9. The van der Waals surface area contributed by atoms with E-state index in [9.17, 15) is 14.7 Å². The third kappa shape index (κ3) is 3.35. The van der Waals surface area contributed by atoms with E-state index in [-0.39, 0.29) is 17.7 Å². The molecule has 0 aliphatic heterocycles. The van der Waals surface area contributed by atoms with E-state index in [0.717, 1.165) is 0 Å². The third-order valence-corrected chi connectivity index (χ3v) is 2.69. The summed E-state index contributed by atoms with van der Waals surface area (Å²) in [5.74, 6) is -1.76. The molecule has 4 N–H and O–H groups in total. The number of carboxylic acids is 1. The highest BCUT2D eigenvalue weighted by molar-refractivity contribution is 5.96. The largest absolute Gasteiger partial charge is 0.508 e. The second kappa shape index (κ2) is 5.87. The van der Waals surface area contributed by atoms with Crippen molar-refractivity contribution in [1.29, 1.82) is 0 Å². The number of hydrogen-bond donors (Lipinski definition) is 4. The zero-order valence-electron chi connectivity index (χ0n) is 10.4. The lowest BCUT2D eigenvalue weighted by molar-refractivity contribution is -0.139. The zero-order valence-corrected chi connectivity index (χ0v) is 10.4. The van der Waals surface area contributed by atoms with Gasteiger partial charge in [-0.3, -0.25) is 4.79 Å². The average Bonchev–Trinajstić information content (AvgIpc) is 2.90. The Hall–Kier alpha value is -2.83. The number of phenolic OH excluding ortho intramolecular Hbond substituents is 1. The average molecular weight is 275 g/mol. The van der Waals surface area contributed by atoms with Gasteiger partial charge in [-0.15, -0.1) is 0 Å². The minimum atomic E-state index is -1.15. The molecular weight excluding hydrogens is 262 g/mol. The molecule has 1 amide bonds. The second-order valence-corrected chi connectivity index (χ2v) is 4.20. The summed E-state index contributed by atoms with van der Waals surface area (Å²) in [7, 11) is 0. The number of carbonyl (C=O) groups excluding carboxylic acids is 1. The lowest BCUT2D eigenvalue weighted by Gasteiger charge is -2.13. The molecule has 0 spiro atoms. The number of carbonyl (C=O) groups is 2. The Morgan fingerprint density at radius 1 is 1.40 bits per heavy atom. The second-order valence-electron chi connectivity index (χ2n) is 4.20. The monoisotopic (exact) mass is 275 g/mol. The lowest BCUT2D eigenvalue weighted by atomic mass is 10.1. The van der Waals surface area contributed by atoms with E-state index < -0.39 is 17.9 Å². The standard InChI is InChI=1S/C13H13N3O4/c17-10-3-1-2-8(4-10)12(18)16-11(13(19)20)5-9-6-14-7-15-9/h1-4,6-7,11,17H,5H2,(H,14,15)(H,16,18)(H,19,20)/t11-/m0/s1. The van der Waals surface area contributed by atoms with Gasteiger partial charge in [0, 0.05) is 23.9 Å². The van der Waals surface area contributed by atoms with Crippen molar-refractivity contribution < 1.29 is 19.8 Å². The maximum atomic E-state index is 11.9. The number of phenols is 1. The number of nitrogens with zero attached hydrogens (tertiary/aromatic N) is 1. The summed E-state index contributed by atoms with van der Waals surface area (Å²) in [6.45, 7) is 0. The number of H-pyrrole nitrogens is 1. The van der Waals surface area contributed by atoms with Crippen molar-refractivity contribution in [3.63, 3.8) is 0 Å². The van der Waals surface area contributed by atoms with Gasteiger partial charge >= 0.3 is 5.97 Å². The minimum Gasteiger partial charge on any atom is -0.508 e. The van der Waals surface area contributed by atoms with Crippen molar-refractivity contribution in [1.82, 2.24) is 15.3 Å². The molecule has 2 rings (SSSR count). The van der Waals surface area contributed by atoms with E-state index in [2.05, 4.69) is 15.3 Å². The van der Waals surface area contributed by atoms with E-state index in [1.807, 2.05) is 0 Å². The van der Waals surface area contributed by atoms with Crippen molar-refractivity contribution in [3.8, 4) is 5.75 Å². The lowest BCUT2D eigenvalue weighted by Crippen LogP contribution is -2.42. The molecule has 104 valence electrons. The van der Waals surface area contributed by atoms with Crippen molar-refractivity contribution in [2.24, 2.45) is 0 Å².